The molecule has 0 saturated carbocycles. The van der Waals surface area contributed by atoms with E-state index in [0.717, 1.165) is 0 Å². The number of aliphatic carboxylic acids is 1. The van der Waals surface area contributed by atoms with E-state index >= 15 is 0 Å². The second kappa shape index (κ2) is 8.91. The van der Waals surface area contributed by atoms with Crippen molar-refractivity contribution in [2.75, 3.05) is 6.61 Å². The van der Waals surface area contributed by atoms with Gasteiger partial charge >= 0.3 is 5.97 Å². The Hall–Kier alpha value is -1.10. The second-order valence-electron chi connectivity index (χ2n) is 5.11. The van der Waals surface area contributed by atoms with Gasteiger partial charge < -0.3 is 15.2 Å². The fraction of sp³-hybridized carbons (Fsp3) is 0.846. The molecule has 18 heavy (non-hydrogen) atoms. The van der Waals surface area contributed by atoms with Gasteiger partial charge in [-0.25, -0.2) is 4.79 Å². The number of rotatable bonds is 9. The molecule has 0 spiro atoms. The molecule has 0 heterocycles. The maximum atomic E-state index is 11.6. The number of hydrogen-bond acceptors (Lipinski definition) is 3. The van der Waals surface area contributed by atoms with Gasteiger partial charge in [0.2, 0.25) is 5.91 Å². The summed E-state index contributed by atoms with van der Waals surface area (Å²) in [5.74, 6) is -0.971. The highest BCUT2D eigenvalue weighted by Gasteiger charge is 2.20. The van der Waals surface area contributed by atoms with Gasteiger partial charge in [-0.2, -0.15) is 0 Å². The lowest BCUT2D eigenvalue weighted by Crippen LogP contribution is -2.41. The Morgan fingerprint density at radius 2 is 1.83 bits per heavy atom. The van der Waals surface area contributed by atoms with E-state index in [2.05, 4.69) is 5.32 Å². The Morgan fingerprint density at radius 3 is 2.28 bits per heavy atom. The van der Waals surface area contributed by atoms with Crippen LogP contribution in [0.2, 0.25) is 0 Å². The maximum Gasteiger partial charge on any atom is 0.326 e. The third-order valence-electron chi connectivity index (χ3n) is 2.34. The van der Waals surface area contributed by atoms with Crippen molar-refractivity contribution in [1.29, 1.82) is 0 Å². The Morgan fingerprint density at radius 1 is 1.22 bits per heavy atom. The first-order valence-electron chi connectivity index (χ1n) is 6.46. The Labute approximate surface area is 109 Å². The van der Waals surface area contributed by atoms with Gasteiger partial charge in [0, 0.05) is 13.0 Å². The highest BCUT2D eigenvalue weighted by Crippen LogP contribution is 2.05. The summed E-state index contributed by atoms with van der Waals surface area (Å²) >= 11 is 0. The molecule has 0 aromatic heterocycles. The quantitative estimate of drug-likeness (QED) is 0.619. The molecule has 2 N–H and O–H groups in total. The molecular weight excluding hydrogens is 234 g/mol. The van der Waals surface area contributed by atoms with Crippen LogP contribution in [0.4, 0.5) is 0 Å². The monoisotopic (exact) mass is 259 g/mol. The lowest BCUT2D eigenvalue weighted by molar-refractivity contribution is -0.142. The standard InChI is InChI=1S/C13H25NO4/c1-9(2)8-11(13(16)17)14-12(15)6-5-7-18-10(3)4/h9-11H,5-8H2,1-4H3,(H,14,15)(H,16,17). The number of hydrogen-bond donors (Lipinski definition) is 2. The minimum Gasteiger partial charge on any atom is -0.480 e. The van der Waals surface area contributed by atoms with Gasteiger partial charge in [-0.1, -0.05) is 13.8 Å². The van der Waals surface area contributed by atoms with Crippen LogP contribution in [0.15, 0.2) is 0 Å². The zero-order valence-electron chi connectivity index (χ0n) is 11.7. The molecular formula is C13H25NO4. The summed E-state index contributed by atoms with van der Waals surface area (Å²) < 4.78 is 5.31. The van der Waals surface area contributed by atoms with Crippen LogP contribution in [-0.4, -0.2) is 35.7 Å². The van der Waals surface area contributed by atoms with Gasteiger partial charge in [0.1, 0.15) is 6.04 Å². The van der Waals surface area contributed by atoms with Crippen molar-refractivity contribution in [2.24, 2.45) is 5.92 Å². The summed E-state index contributed by atoms with van der Waals surface area (Å²) in [6.07, 6.45) is 1.51. The van der Waals surface area contributed by atoms with Crippen molar-refractivity contribution in [3.63, 3.8) is 0 Å². The lowest BCUT2D eigenvalue weighted by Gasteiger charge is -2.16. The molecule has 0 rings (SSSR count). The van der Waals surface area contributed by atoms with Crippen LogP contribution < -0.4 is 5.32 Å². The van der Waals surface area contributed by atoms with E-state index in [1.807, 2.05) is 27.7 Å². The molecule has 5 nitrogen and oxygen atoms in total. The molecule has 0 fully saturated rings. The van der Waals surface area contributed by atoms with Gasteiger partial charge in [-0.05, 0) is 32.6 Å². The van der Waals surface area contributed by atoms with Crippen molar-refractivity contribution >= 4 is 11.9 Å². The van der Waals surface area contributed by atoms with E-state index in [1.165, 1.54) is 0 Å². The molecule has 0 aliphatic heterocycles. The summed E-state index contributed by atoms with van der Waals surface area (Å²) in [4.78, 5) is 22.5. The van der Waals surface area contributed by atoms with Crippen LogP contribution in [0.5, 0.6) is 0 Å². The van der Waals surface area contributed by atoms with E-state index in [0.29, 0.717) is 25.9 Å². The molecule has 0 aromatic carbocycles. The molecule has 0 aliphatic carbocycles. The number of carbonyl (C=O) groups excluding carboxylic acids is 1. The second-order valence-corrected chi connectivity index (χ2v) is 5.11. The van der Waals surface area contributed by atoms with Crippen LogP contribution in [0, 0.1) is 5.92 Å². The first-order valence-corrected chi connectivity index (χ1v) is 6.46. The van der Waals surface area contributed by atoms with E-state index in [-0.39, 0.29) is 17.9 Å². The average molecular weight is 259 g/mol. The third kappa shape index (κ3) is 8.98. The third-order valence-corrected chi connectivity index (χ3v) is 2.34. The molecule has 1 unspecified atom stereocenters. The first kappa shape index (κ1) is 16.9. The topological polar surface area (TPSA) is 75.6 Å². The van der Waals surface area contributed by atoms with Crippen LogP contribution >= 0.6 is 0 Å². The van der Waals surface area contributed by atoms with E-state index in [1.54, 1.807) is 0 Å². The molecule has 106 valence electrons. The summed E-state index contributed by atoms with van der Waals surface area (Å²) in [5.41, 5.74) is 0. The zero-order chi connectivity index (χ0) is 14.1. The van der Waals surface area contributed by atoms with Crippen molar-refractivity contribution in [1.82, 2.24) is 5.32 Å². The SMILES string of the molecule is CC(C)CC(NC(=O)CCCOC(C)C)C(=O)O. The molecule has 0 saturated heterocycles. The number of carboxylic acids is 1. The maximum absolute atomic E-state index is 11.6. The number of carboxylic acid groups (broad SMARTS) is 1. The lowest BCUT2D eigenvalue weighted by atomic mass is 10.0. The van der Waals surface area contributed by atoms with Gasteiger partial charge in [0.05, 0.1) is 6.10 Å². The summed E-state index contributed by atoms with van der Waals surface area (Å²) in [6.45, 7) is 8.25. The normalized spacial score (nSPS) is 12.8. The molecule has 0 aliphatic rings. The van der Waals surface area contributed by atoms with Crippen LogP contribution in [-0.2, 0) is 14.3 Å². The van der Waals surface area contributed by atoms with Crippen LogP contribution in [0.3, 0.4) is 0 Å². The highest BCUT2D eigenvalue weighted by molar-refractivity contribution is 5.83. The van der Waals surface area contributed by atoms with Crippen LogP contribution in [0.25, 0.3) is 0 Å². The number of carbonyl (C=O) groups is 2. The predicted molar refractivity (Wildman–Crippen MR) is 69.3 cm³/mol. The van der Waals surface area contributed by atoms with E-state index < -0.39 is 12.0 Å². The van der Waals surface area contributed by atoms with Crippen LogP contribution in [0.1, 0.15) is 47.0 Å². The summed E-state index contributed by atoms with van der Waals surface area (Å²) in [6, 6.07) is -0.788. The summed E-state index contributed by atoms with van der Waals surface area (Å²) in [5, 5.41) is 11.5. The summed E-state index contributed by atoms with van der Waals surface area (Å²) in [7, 11) is 0. The van der Waals surface area contributed by atoms with Crippen molar-refractivity contribution in [2.45, 2.75) is 59.1 Å². The van der Waals surface area contributed by atoms with E-state index in [4.69, 9.17) is 9.84 Å². The largest absolute Gasteiger partial charge is 0.480 e. The zero-order valence-corrected chi connectivity index (χ0v) is 11.7. The van der Waals surface area contributed by atoms with E-state index in [9.17, 15) is 9.59 Å². The smallest absolute Gasteiger partial charge is 0.326 e. The Kier molecular flexibility index (Phi) is 8.37. The Bertz CT molecular complexity index is 264. The minimum atomic E-state index is -0.976. The van der Waals surface area contributed by atoms with Crippen molar-refractivity contribution in [3.8, 4) is 0 Å². The molecule has 0 radical (unpaired) electrons. The van der Waals surface area contributed by atoms with Crippen molar-refractivity contribution < 1.29 is 19.4 Å². The molecule has 5 heteroatoms. The fourth-order valence-electron chi connectivity index (χ4n) is 1.51. The highest BCUT2D eigenvalue weighted by atomic mass is 16.5. The van der Waals surface area contributed by atoms with Gasteiger partial charge in [0.25, 0.3) is 0 Å². The predicted octanol–water partition coefficient (Wildman–Crippen LogP) is 1.81. The fourth-order valence-corrected chi connectivity index (χ4v) is 1.51. The molecule has 0 bridgehead atoms. The molecule has 0 aromatic rings. The van der Waals surface area contributed by atoms with Gasteiger partial charge in [-0.15, -0.1) is 0 Å². The number of amides is 1. The first-order chi connectivity index (χ1) is 8.32. The average Bonchev–Trinajstić information content (AvgIpc) is 2.22. The number of ether oxygens (including phenoxy) is 1. The van der Waals surface area contributed by atoms with Gasteiger partial charge in [0.15, 0.2) is 0 Å². The molecule has 1 atom stereocenters. The minimum absolute atomic E-state index is 0.153. The molecule has 1 amide bonds. The number of nitrogens with one attached hydrogen (secondary N) is 1. The van der Waals surface area contributed by atoms with Gasteiger partial charge in [-0.3, -0.25) is 4.79 Å². The Balaban J connectivity index is 3.92. The van der Waals surface area contributed by atoms with Crippen molar-refractivity contribution in [3.05, 3.63) is 0 Å².